The van der Waals surface area contributed by atoms with Gasteiger partial charge in [-0.25, -0.2) is 0 Å². The minimum atomic E-state index is -0.551. The van der Waals surface area contributed by atoms with Gasteiger partial charge in [-0.1, -0.05) is 18.2 Å². The van der Waals surface area contributed by atoms with Gasteiger partial charge in [-0.15, -0.1) is 10.2 Å². The maximum Gasteiger partial charge on any atom is 0.302 e. The molecule has 7 heteroatoms. The van der Waals surface area contributed by atoms with E-state index in [0.29, 0.717) is 11.5 Å². The fraction of sp³-hybridized carbons (Fsp3) is 0.211. The predicted molar refractivity (Wildman–Crippen MR) is 97.3 cm³/mol. The van der Waals surface area contributed by atoms with Gasteiger partial charge in [-0.05, 0) is 36.8 Å². The fourth-order valence-electron chi connectivity index (χ4n) is 2.73. The molecule has 3 aromatic rings. The summed E-state index contributed by atoms with van der Waals surface area (Å²) in [4.78, 5) is 11.9. The van der Waals surface area contributed by atoms with Crippen molar-refractivity contribution in [2.45, 2.75) is 6.92 Å². The van der Waals surface area contributed by atoms with Crippen LogP contribution < -0.4 is 9.47 Å². The molecular weight excluding hydrogens is 334 g/mol. The third-order valence-corrected chi connectivity index (χ3v) is 4.04. The van der Waals surface area contributed by atoms with Crippen LogP contribution in [0.15, 0.2) is 52.7 Å². The second-order valence-electron chi connectivity index (χ2n) is 5.76. The van der Waals surface area contributed by atoms with Crippen molar-refractivity contribution in [3.05, 3.63) is 48.0 Å². The Kier molecular flexibility index (Phi) is 4.88. The molecule has 0 bridgehead atoms. The highest BCUT2D eigenvalue weighted by Gasteiger charge is 2.16. The van der Waals surface area contributed by atoms with Crippen LogP contribution in [0.25, 0.3) is 10.9 Å². The van der Waals surface area contributed by atoms with Crippen LogP contribution in [0.4, 0.5) is 5.69 Å². The number of aromatic hydroxyl groups is 1. The SMILES string of the molecule is COc1ccc(OCC(=O)N=Nc2c(O)n(C)c3c(C)cccc23)cc1. The van der Waals surface area contributed by atoms with Crippen molar-refractivity contribution in [1.29, 1.82) is 0 Å². The third-order valence-electron chi connectivity index (χ3n) is 4.04. The summed E-state index contributed by atoms with van der Waals surface area (Å²) >= 11 is 0. The molecule has 26 heavy (non-hydrogen) atoms. The van der Waals surface area contributed by atoms with E-state index in [2.05, 4.69) is 10.2 Å². The molecule has 1 aromatic heterocycles. The highest BCUT2D eigenvalue weighted by Crippen LogP contribution is 2.39. The Hall–Kier alpha value is -3.35. The van der Waals surface area contributed by atoms with E-state index >= 15 is 0 Å². The highest BCUT2D eigenvalue weighted by atomic mass is 16.5. The molecule has 0 fully saturated rings. The highest BCUT2D eigenvalue weighted by molar-refractivity contribution is 5.97. The average Bonchev–Trinajstić information content (AvgIpc) is 2.90. The number of hydrogen-bond acceptors (Lipinski definition) is 5. The first-order valence-corrected chi connectivity index (χ1v) is 7.99. The van der Waals surface area contributed by atoms with E-state index < -0.39 is 5.91 Å². The summed E-state index contributed by atoms with van der Waals surface area (Å²) in [5.74, 6) is 0.634. The molecule has 1 N–H and O–H groups in total. The molecular formula is C19H19N3O4. The number of methoxy groups -OCH3 is 1. The van der Waals surface area contributed by atoms with Gasteiger partial charge in [0.1, 0.15) is 11.5 Å². The van der Waals surface area contributed by atoms with Crippen LogP contribution in [0.1, 0.15) is 5.56 Å². The lowest BCUT2D eigenvalue weighted by atomic mass is 10.1. The number of aromatic nitrogens is 1. The lowest BCUT2D eigenvalue weighted by Crippen LogP contribution is -2.07. The quantitative estimate of drug-likeness (QED) is 0.705. The first kappa shape index (κ1) is 17.5. The van der Waals surface area contributed by atoms with Crippen molar-refractivity contribution in [2.24, 2.45) is 17.3 Å². The number of ether oxygens (including phenoxy) is 2. The van der Waals surface area contributed by atoms with Crippen LogP contribution in [-0.4, -0.2) is 29.3 Å². The summed E-state index contributed by atoms with van der Waals surface area (Å²) in [6, 6.07) is 12.5. The van der Waals surface area contributed by atoms with Gasteiger partial charge in [0.15, 0.2) is 12.3 Å². The molecule has 0 saturated heterocycles. The average molecular weight is 353 g/mol. The van der Waals surface area contributed by atoms with Crippen molar-refractivity contribution in [3.63, 3.8) is 0 Å². The topological polar surface area (TPSA) is 85.4 Å². The van der Waals surface area contributed by atoms with Gasteiger partial charge >= 0.3 is 5.91 Å². The normalized spacial score (nSPS) is 11.2. The first-order valence-electron chi connectivity index (χ1n) is 7.99. The van der Waals surface area contributed by atoms with E-state index in [4.69, 9.17) is 9.47 Å². The Balaban J connectivity index is 1.73. The molecule has 0 aliphatic carbocycles. The molecule has 3 rings (SSSR count). The zero-order valence-electron chi connectivity index (χ0n) is 14.8. The smallest absolute Gasteiger partial charge is 0.302 e. The molecule has 0 atom stereocenters. The van der Waals surface area contributed by atoms with Gasteiger partial charge in [-0.3, -0.25) is 4.79 Å². The summed E-state index contributed by atoms with van der Waals surface area (Å²) in [5.41, 5.74) is 2.11. The van der Waals surface area contributed by atoms with E-state index in [9.17, 15) is 9.90 Å². The van der Waals surface area contributed by atoms with Crippen molar-refractivity contribution in [3.8, 4) is 17.4 Å². The Bertz CT molecular complexity index is 975. The second-order valence-corrected chi connectivity index (χ2v) is 5.76. The van der Waals surface area contributed by atoms with E-state index in [1.54, 1.807) is 43.0 Å². The van der Waals surface area contributed by atoms with Crippen LogP contribution in [0.5, 0.6) is 17.4 Å². The molecule has 1 heterocycles. The van der Waals surface area contributed by atoms with Gasteiger partial charge in [0.25, 0.3) is 0 Å². The number of para-hydroxylation sites is 1. The number of azo groups is 1. The number of aryl methyl sites for hydroxylation is 2. The molecule has 134 valence electrons. The second kappa shape index (κ2) is 7.26. The van der Waals surface area contributed by atoms with Crippen LogP contribution in [0.2, 0.25) is 0 Å². The van der Waals surface area contributed by atoms with Gasteiger partial charge < -0.3 is 19.1 Å². The molecule has 0 unspecified atom stereocenters. The lowest BCUT2D eigenvalue weighted by molar-refractivity contribution is -0.120. The Morgan fingerprint density at radius 1 is 1.15 bits per heavy atom. The number of rotatable bonds is 5. The number of amides is 1. The summed E-state index contributed by atoms with van der Waals surface area (Å²) in [5, 5.41) is 18.6. The predicted octanol–water partition coefficient (Wildman–Crippen LogP) is 3.89. The van der Waals surface area contributed by atoms with Crippen molar-refractivity contribution >= 4 is 22.5 Å². The summed E-state index contributed by atoms with van der Waals surface area (Å²) in [7, 11) is 3.31. The van der Waals surface area contributed by atoms with E-state index in [1.165, 1.54) is 0 Å². The van der Waals surface area contributed by atoms with Gasteiger partial charge in [-0.2, -0.15) is 0 Å². The molecule has 0 spiro atoms. The summed E-state index contributed by atoms with van der Waals surface area (Å²) in [6.07, 6.45) is 0. The van der Waals surface area contributed by atoms with Crippen molar-refractivity contribution in [1.82, 2.24) is 4.57 Å². The maximum absolute atomic E-state index is 11.9. The molecule has 0 saturated carbocycles. The molecule has 2 aromatic carbocycles. The van der Waals surface area contributed by atoms with Crippen LogP contribution in [0.3, 0.4) is 0 Å². The van der Waals surface area contributed by atoms with E-state index in [-0.39, 0.29) is 18.2 Å². The minimum Gasteiger partial charge on any atom is -0.497 e. The number of carbonyl (C=O) groups excluding carboxylic acids is 1. The first-order chi connectivity index (χ1) is 12.5. The van der Waals surface area contributed by atoms with Crippen molar-refractivity contribution < 1.29 is 19.4 Å². The molecule has 1 amide bonds. The molecule has 0 aliphatic rings. The maximum atomic E-state index is 11.9. The number of benzene rings is 2. The monoisotopic (exact) mass is 353 g/mol. The van der Waals surface area contributed by atoms with Crippen LogP contribution in [0, 0.1) is 6.92 Å². The molecule has 0 aliphatic heterocycles. The van der Waals surface area contributed by atoms with Gasteiger partial charge in [0, 0.05) is 12.4 Å². The summed E-state index contributed by atoms with van der Waals surface area (Å²) in [6.45, 7) is 1.69. The minimum absolute atomic E-state index is 0.0399. The van der Waals surface area contributed by atoms with Crippen LogP contribution >= 0.6 is 0 Å². The van der Waals surface area contributed by atoms with Gasteiger partial charge in [0.2, 0.25) is 5.88 Å². The fourth-order valence-corrected chi connectivity index (χ4v) is 2.73. The van der Waals surface area contributed by atoms with Crippen molar-refractivity contribution in [2.75, 3.05) is 13.7 Å². The Labute approximate surface area is 150 Å². The third kappa shape index (κ3) is 3.37. The van der Waals surface area contributed by atoms with E-state index in [1.807, 2.05) is 25.1 Å². The Morgan fingerprint density at radius 2 is 1.85 bits per heavy atom. The zero-order valence-corrected chi connectivity index (χ0v) is 14.8. The number of hydrogen-bond donors (Lipinski definition) is 1. The number of carbonyl (C=O) groups is 1. The molecule has 0 radical (unpaired) electrons. The van der Waals surface area contributed by atoms with Gasteiger partial charge in [0.05, 0.1) is 12.6 Å². The standard InChI is InChI=1S/C19H19N3O4/c1-12-5-4-6-15-17(19(24)22(2)18(12)15)21-20-16(23)11-26-14-9-7-13(25-3)8-10-14/h4-10,24H,11H2,1-3H3. The summed E-state index contributed by atoms with van der Waals surface area (Å²) < 4.78 is 12.1. The number of nitrogens with zero attached hydrogens (tertiary/aromatic N) is 3. The largest absolute Gasteiger partial charge is 0.497 e. The Morgan fingerprint density at radius 3 is 2.54 bits per heavy atom. The lowest BCUT2D eigenvalue weighted by Gasteiger charge is -2.04. The van der Waals surface area contributed by atoms with Crippen LogP contribution in [-0.2, 0) is 11.8 Å². The van der Waals surface area contributed by atoms with E-state index in [0.717, 1.165) is 16.5 Å². The number of fused-ring (bicyclic) bond motifs is 1. The zero-order chi connectivity index (χ0) is 18.7. The molecule has 7 nitrogen and oxygen atoms in total.